The number of aromatic nitrogens is 2. The van der Waals surface area contributed by atoms with Crippen molar-refractivity contribution in [2.75, 3.05) is 26.2 Å². The second-order valence-corrected chi connectivity index (χ2v) is 10.7. The summed E-state index contributed by atoms with van der Waals surface area (Å²) in [4.78, 5) is 30.1. The number of carbonyl (C=O) groups excluding carboxylic acids is 2. The predicted molar refractivity (Wildman–Crippen MR) is 129 cm³/mol. The summed E-state index contributed by atoms with van der Waals surface area (Å²) < 4.78 is 34.5. The Morgan fingerprint density at radius 3 is 2.43 bits per heavy atom. The maximum absolute atomic E-state index is 13.0. The van der Waals surface area contributed by atoms with Gasteiger partial charge in [-0.25, -0.2) is 13.4 Å². The zero-order valence-corrected chi connectivity index (χ0v) is 20.8. The molecule has 10 nitrogen and oxygen atoms in total. The van der Waals surface area contributed by atoms with Gasteiger partial charge in [0.25, 0.3) is 5.91 Å². The fourth-order valence-electron chi connectivity index (χ4n) is 4.07. The summed E-state index contributed by atoms with van der Waals surface area (Å²) in [6.07, 6.45) is 3.62. The van der Waals surface area contributed by atoms with Crippen LogP contribution in [0.15, 0.2) is 46.0 Å². The van der Waals surface area contributed by atoms with Gasteiger partial charge in [0, 0.05) is 57.8 Å². The molecular weight excluding hydrogens is 470 g/mol. The highest BCUT2D eigenvalue weighted by Crippen LogP contribution is 2.24. The molecule has 1 saturated heterocycles. The van der Waals surface area contributed by atoms with E-state index in [9.17, 15) is 18.0 Å². The maximum Gasteiger partial charge on any atom is 0.265 e. The number of primary amides is 1. The zero-order chi connectivity index (χ0) is 25.3. The van der Waals surface area contributed by atoms with Gasteiger partial charge in [-0.15, -0.1) is 0 Å². The number of hydrogen-bond acceptors (Lipinski definition) is 6. The van der Waals surface area contributed by atoms with Crippen molar-refractivity contribution in [3.05, 3.63) is 59.4 Å². The smallest absolute Gasteiger partial charge is 0.265 e. The van der Waals surface area contributed by atoms with Crippen molar-refractivity contribution < 1.29 is 22.4 Å². The van der Waals surface area contributed by atoms with E-state index in [-0.39, 0.29) is 49.1 Å². The number of sulfonamides is 1. The third-order valence-corrected chi connectivity index (χ3v) is 8.22. The van der Waals surface area contributed by atoms with Crippen molar-refractivity contribution in [2.45, 2.75) is 31.6 Å². The molecule has 186 valence electrons. The quantitative estimate of drug-likeness (QED) is 0.528. The number of hydrogen-bond donors (Lipinski definition) is 1. The Labute approximate surface area is 204 Å². The van der Waals surface area contributed by atoms with Crippen LogP contribution < -0.4 is 5.73 Å². The number of benzene rings is 1. The first-order valence-corrected chi connectivity index (χ1v) is 12.8. The molecule has 2 aromatic heterocycles. The number of carbonyl (C=O) groups is 2. The largest absolute Gasteiger partial charge is 0.441 e. The van der Waals surface area contributed by atoms with Crippen LogP contribution in [0.25, 0.3) is 11.3 Å². The molecular formula is C24H29N5O5S. The number of oxazole rings is 1. The summed E-state index contributed by atoms with van der Waals surface area (Å²) in [6, 6.07) is 7.33. The second-order valence-electron chi connectivity index (χ2n) is 8.74. The molecule has 0 bridgehead atoms. The van der Waals surface area contributed by atoms with Gasteiger partial charge in [-0.1, -0.05) is 12.1 Å². The Kier molecular flexibility index (Phi) is 6.82. The number of rotatable bonds is 7. The molecule has 3 aromatic rings. The molecule has 1 aromatic carbocycles. The van der Waals surface area contributed by atoms with E-state index in [1.54, 1.807) is 18.1 Å². The molecule has 0 spiro atoms. The number of nitrogens with zero attached hydrogens (tertiary/aromatic N) is 4. The van der Waals surface area contributed by atoms with Gasteiger partial charge in [0.2, 0.25) is 15.9 Å². The van der Waals surface area contributed by atoms with Gasteiger partial charge in [0.1, 0.15) is 10.6 Å². The van der Waals surface area contributed by atoms with Crippen molar-refractivity contribution in [1.29, 1.82) is 0 Å². The predicted octanol–water partition coefficient (Wildman–Crippen LogP) is 1.86. The molecule has 2 amide bonds. The van der Waals surface area contributed by atoms with E-state index in [2.05, 4.69) is 4.98 Å². The SMILES string of the molecule is Cc1ccc(-c2cnc(CCC(=O)N3CCN(S(=O)(=O)c4cc(C(N)=O)n(C)c4)CC3)o2)cc1C. The van der Waals surface area contributed by atoms with Crippen LogP contribution >= 0.6 is 0 Å². The van der Waals surface area contributed by atoms with Crippen molar-refractivity contribution >= 4 is 21.8 Å². The molecule has 35 heavy (non-hydrogen) atoms. The first-order chi connectivity index (χ1) is 16.6. The summed E-state index contributed by atoms with van der Waals surface area (Å²) in [5.74, 6) is 0.372. The first-order valence-electron chi connectivity index (χ1n) is 11.3. The zero-order valence-electron chi connectivity index (χ0n) is 20.0. The summed E-state index contributed by atoms with van der Waals surface area (Å²) in [5, 5.41) is 0. The Balaban J connectivity index is 1.32. The second kappa shape index (κ2) is 9.67. The van der Waals surface area contributed by atoms with Crippen LogP contribution in [0.3, 0.4) is 0 Å². The monoisotopic (exact) mass is 499 g/mol. The highest BCUT2D eigenvalue weighted by molar-refractivity contribution is 7.89. The third kappa shape index (κ3) is 5.15. The minimum atomic E-state index is -3.79. The third-order valence-electron chi connectivity index (χ3n) is 6.36. The molecule has 3 heterocycles. The molecule has 4 rings (SSSR count). The molecule has 0 unspecified atom stereocenters. The van der Waals surface area contributed by atoms with E-state index in [0.29, 0.717) is 18.1 Å². The Morgan fingerprint density at radius 1 is 1.09 bits per heavy atom. The minimum absolute atomic E-state index is 0.0112. The Hall–Kier alpha value is -3.44. The molecule has 0 radical (unpaired) electrons. The standard InChI is InChI=1S/C24H29N5O5S/c1-16-4-5-18(12-17(16)2)21-14-26-22(34-21)6-7-23(30)28-8-10-29(11-9-28)35(32,33)19-13-20(24(25)31)27(3)15-19/h4-5,12-15H,6-11H2,1-3H3,(H2,25,31). The molecule has 11 heteroatoms. The van der Waals surface area contributed by atoms with Crippen LogP contribution in [0.4, 0.5) is 0 Å². The Bertz CT molecular complexity index is 1370. The van der Waals surface area contributed by atoms with E-state index in [4.69, 9.17) is 10.2 Å². The van der Waals surface area contributed by atoms with Gasteiger partial charge in [0.15, 0.2) is 11.7 Å². The number of amides is 2. The van der Waals surface area contributed by atoms with Crippen LogP contribution in [0.5, 0.6) is 0 Å². The molecule has 1 aliphatic heterocycles. The fourth-order valence-corrected chi connectivity index (χ4v) is 5.57. The van der Waals surface area contributed by atoms with Crippen molar-refractivity contribution in [3.63, 3.8) is 0 Å². The number of aryl methyl sites for hydroxylation is 4. The van der Waals surface area contributed by atoms with E-state index >= 15 is 0 Å². The van der Waals surface area contributed by atoms with Gasteiger partial charge in [-0.2, -0.15) is 4.31 Å². The van der Waals surface area contributed by atoms with Crippen molar-refractivity contribution in [1.82, 2.24) is 18.8 Å². The summed E-state index contributed by atoms with van der Waals surface area (Å²) in [7, 11) is -2.23. The first kappa shape index (κ1) is 24.7. The van der Waals surface area contributed by atoms with Crippen LogP contribution in [0.1, 0.15) is 33.9 Å². The number of nitrogens with two attached hydrogens (primary N) is 1. The summed E-state index contributed by atoms with van der Waals surface area (Å²) >= 11 is 0. The Morgan fingerprint density at radius 2 is 1.80 bits per heavy atom. The van der Waals surface area contributed by atoms with Crippen molar-refractivity contribution in [2.24, 2.45) is 12.8 Å². The normalized spacial score (nSPS) is 14.9. The topological polar surface area (TPSA) is 132 Å². The fraction of sp³-hybridized carbons (Fsp3) is 0.375. The van der Waals surface area contributed by atoms with Crippen LogP contribution in [0, 0.1) is 13.8 Å². The van der Waals surface area contributed by atoms with Crippen LogP contribution in [-0.4, -0.2) is 65.2 Å². The lowest BCUT2D eigenvalue weighted by Gasteiger charge is -2.33. The summed E-state index contributed by atoms with van der Waals surface area (Å²) in [6.45, 7) is 5.00. The lowest BCUT2D eigenvalue weighted by atomic mass is 10.1. The molecule has 1 fully saturated rings. The molecule has 0 atom stereocenters. The molecule has 1 aliphatic rings. The maximum atomic E-state index is 13.0. The highest BCUT2D eigenvalue weighted by atomic mass is 32.2. The van der Waals surface area contributed by atoms with E-state index < -0.39 is 15.9 Å². The van der Waals surface area contributed by atoms with Gasteiger partial charge < -0.3 is 19.6 Å². The van der Waals surface area contributed by atoms with Crippen LogP contribution in [-0.2, 0) is 28.3 Å². The van der Waals surface area contributed by atoms with E-state index in [0.717, 1.165) is 11.1 Å². The van der Waals surface area contributed by atoms with Gasteiger partial charge >= 0.3 is 0 Å². The van der Waals surface area contributed by atoms with Gasteiger partial charge in [-0.05, 0) is 37.1 Å². The molecule has 0 saturated carbocycles. The van der Waals surface area contributed by atoms with Crippen molar-refractivity contribution in [3.8, 4) is 11.3 Å². The summed E-state index contributed by atoms with van der Waals surface area (Å²) in [5.41, 5.74) is 8.71. The lowest BCUT2D eigenvalue weighted by molar-refractivity contribution is -0.132. The van der Waals surface area contributed by atoms with E-state index in [1.165, 1.54) is 26.7 Å². The van der Waals surface area contributed by atoms with Gasteiger partial charge in [-0.3, -0.25) is 9.59 Å². The average Bonchev–Trinajstić information content (AvgIpc) is 3.46. The lowest BCUT2D eigenvalue weighted by Crippen LogP contribution is -2.50. The molecule has 2 N–H and O–H groups in total. The van der Waals surface area contributed by atoms with E-state index in [1.807, 2.05) is 32.0 Å². The average molecular weight is 500 g/mol. The molecule has 0 aliphatic carbocycles. The minimum Gasteiger partial charge on any atom is -0.441 e. The number of piperazine rings is 1. The highest BCUT2D eigenvalue weighted by Gasteiger charge is 2.31. The van der Waals surface area contributed by atoms with Crippen LogP contribution in [0.2, 0.25) is 0 Å². The van der Waals surface area contributed by atoms with Gasteiger partial charge in [0.05, 0.1) is 6.20 Å².